The zero-order valence-electron chi connectivity index (χ0n) is 66.1. The van der Waals surface area contributed by atoms with Crippen molar-refractivity contribution in [3.63, 3.8) is 0 Å². The highest BCUT2D eigenvalue weighted by Crippen LogP contribution is 2.31. The summed E-state index contributed by atoms with van der Waals surface area (Å²) in [5.74, 6) is -0.245. The Morgan fingerprint density at radius 3 is 0.961 bits per heavy atom. The van der Waals surface area contributed by atoms with Crippen molar-refractivity contribution in [2.75, 3.05) is 19.8 Å². The molecule has 0 aromatic rings. The van der Waals surface area contributed by atoms with Crippen molar-refractivity contribution in [3.8, 4) is 0 Å². The van der Waals surface area contributed by atoms with Crippen molar-refractivity contribution in [1.29, 1.82) is 0 Å². The first-order valence-electron chi connectivity index (χ1n) is 43.9. The van der Waals surface area contributed by atoms with Gasteiger partial charge >= 0.3 is 0 Å². The predicted molar refractivity (Wildman–Crippen MR) is 424 cm³/mol. The van der Waals surface area contributed by atoms with Crippen molar-refractivity contribution in [2.45, 2.75) is 485 Å². The molecular weight excluding hydrogens is 1280 g/mol. The first kappa shape index (κ1) is 96.0. The Labute approximate surface area is 626 Å². The predicted octanol–water partition coefficient (Wildman–Crippen LogP) is 20.9. The molecule has 0 spiro atoms. The summed E-state index contributed by atoms with van der Waals surface area (Å²) in [6, 6.07) is -0.940. The molecule has 2 fully saturated rings. The molecule has 14 heteroatoms. The van der Waals surface area contributed by atoms with Crippen LogP contribution in [0, 0.1) is 0 Å². The van der Waals surface area contributed by atoms with Crippen LogP contribution in [-0.2, 0) is 23.7 Å². The summed E-state index contributed by atoms with van der Waals surface area (Å²) in [6.07, 6.45) is 80.9. The normalized spacial score (nSPS) is 21.8. The molecule has 0 radical (unpaired) electrons. The quantitative estimate of drug-likeness (QED) is 0.0204. The van der Waals surface area contributed by atoms with Gasteiger partial charge in [0.15, 0.2) is 12.6 Å². The maximum Gasteiger partial charge on any atom is 0.220 e. The third kappa shape index (κ3) is 53.7. The molecule has 12 atom stereocenters. The molecule has 12 unspecified atom stereocenters. The van der Waals surface area contributed by atoms with E-state index in [-0.39, 0.29) is 18.9 Å². The lowest BCUT2D eigenvalue weighted by Crippen LogP contribution is -2.65. The fraction of sp³-hybridized carbons (Fsp3) is 0.898. The average Bonchev–Trinajstić information content (AvgIpc) is 0.790. The molecule has 2 saturated heterocycles. The molecule has 0 aliphatic carbocycles. The van der Waals surface area contributed by atoms with Crippen LogP contribution in [0.4, 0.5) is 0 Å². The highest BCUT2D eigenvalue weighted by molar-refractivity contribution is 5.76. The summed E-state index contributed by atoms with van der Waals surface area (Å²) in [4.78, 5) is 13.4. The number of aliphatic hydroxyl groups is 8. The number of carbonyl (C=O) groups excluding carboxylic acids is 1. The summed E-state index contributed by atoms with van der Waals surface area (Å²) in [7, 11) is 0. The Balaban J connectivity index is 1.59. The van der Waals surface area contributed by atoms with Crippen LogP contribution in [0.5, 0.6) is 0 Å². The van der Waals surface area contributed by atoms with E-state index in [0.29, 0.717) is 12.8 Å². The number of ether oxygens (including phenoxy) is 4. The Bertz CT molecular complexity index is 1900. The Hall–Kier alpha value is -2.05. The number of rotatable bonds is 75. The molecule has 600 valence electrons. The fourth-order valence-electron chi connectivity index (χ4n) is 14.6. The van der Waals surface area contributed by atoms with Gasteiger partial charge in [0.25, 0.3) is 0 Å². The minimum Gasteiger partial charge on any atom is -0.394 e. The summed E-state index contributed by atoms with van der Waals surface area (Å²) in [5, 5.41) is 87.8. The summed E-state index contributed by atoms with van der Waals surface area (Å²) in [5.41, 5.74) is 0. The first-order valence-corrected chi connectivity index (χ1v) is 43.9. The van der Waals surface area contributed by atoms with Crippen LogP contribution in [-0.4, -0.2) is 140 Å². The molecule has 2 aliphatic heterocycles. The monoisotopic (exact) mass is 1440 g/mol. The summed E-state index contributed by atoms with van der Waals surface area (Å²) >= 11 is 0. The molecule has 0 aromatic carbocycles. The topological polar surface area (TPSA) is 228 Å². The molecule has 0 aromatic heterocycles. The molecule has 2 aliphatic rings. The van der Waals surface area contributed by atoms with Crippen molar-refractivity contribution in [2.24, 2.45) is 0 Å². The second-order valence-corrected chi connectivity index (χ2v) is 31.0. The van der Waals surface area contributed by atoms with Gasteiger partial charge < -0.3 is 65.1 Å². The van der Waals surface area contributed by atoms with Crippen molar-refractivity contribution >= 4 is 5.91 Å². The van der Waals surface area contributed by atoms with Crippen LogP contribution in [0.3, 0.4) is 0 Å². The van der Waals surface area contributed by atoms with Gasteiger partial charge in [0.05, 0.1) is 32.0 Å². The Morgan fingerprint density at radius 1 is 0.343 bits per heavy atom. The lowest BCUT2D eigenvalue weighted by atomic mass is 9.97. The van der Waals surface area contributed by atoms with Gasteiger partial charge in [-0.25, -0.2) is 0 Å². The zero-order valence-corrected chi connectivity index (χ0v) is 66.1. The molecule has 9 N–H and O–H groups in total. The number of amides is 1. The van der Waals surface area contributed by atoms with Gasteiger partial charge in [0, 0.05) is 6.42 Å². The second-order valence-electron chi connectivity index (χ2n) is 31.0. The minimum absolute atomic E-state index is 0.245. The first-order chi connectivity index (χ1) is 50.1. The largest absolute Gasteiger partial charge is 0.394 e. The molecule has 0 bridgehead atoms. The van der Waals surface area contributed by atoms with E-state index < -0.39 is 86.8 Å². The van der Waals surface area contributed by atoms with E-state index >= 15 is 0 Å². The van der Waals surface area contributed by atoms with E-state index in [9.17, 15) is 45.6 Å². The van der Waals surface area contributed by atoms with E-state index in [1.165, 1.54) is 334 Å². The van der Waals surface area contributed by atoms with Crippen molar-refractivity contribution in [3.05, 3.63) is 48.6 Å². The van der Waals surface area contributed by atoms with Gasteiger partial charge in [-0.3, -0.25) is 4.79 Å². The summed E-state index contributed by atoms with van der Waals surface area (Å²) in [6.45, 7) is 2.84. The van der Waals surface area contributed by atoms with Crippen LogP contribution in [0.2, 0.25) is 0 Å². The smallest absolute Gasteiger partial charge is 0.220 e. The van der Waals surface area contributed by atoms with Gasteiger partial charge in [0.2, 0.25) is 5.91 Å². The zero-order chi connectivity index (χ0) is 73.7. The Kier molecular flexibility index (Phi) is 67.6. The van der Waals surface area contributed by atoms with Crippen molar-refractivity contribution in [1.82, 2.24) is 5.32 Å². The molecule has 0 saturated carbocycles. The van der Waals surface area contributed by atoms with Crippen molar-refractivity contribution < 1.29 is 64.6 Å². The number of unbranched alkanes of at least 4 members (excludes halogenated alkanes) is 56. The fourth-order valence-corrected chi connectivity index (χ4v) is 14.6. The third-order valence-electron chi connectivity index (χ3n) is 21.5. The number of carbonyl (C=O) groups is 1. The number of hydrogen-bond acceptors (Lipinski definition) is 13. The van der Waals surface area contributed by atoms with E-state index in [1.54, 1.807) is 6.08 Å². The van der Waals surface area contributed by atoms with Crippen LogP contribution in [0.25, 0.3) is 0 Å². The second kappa shape index (κ2) is 71.8. The Morgan fingerprint density at radius 2 is 0.627 bits per heavy atom. The van der Waals surface area contributed by atoms with E-state index in [1.807, 2.05) is 6.08 Å². The van der Waals surface area contributed by atoms with Crippen LogP contribution >= 0.6 is 0 Å². The maximum atomic E-state index is 13.4. The molecule has 14 nitrogen and oxygen atoms in total. The van der Waals surface area contributed by atoms with Gasteiger partial charge in [-0.05, 0) is 70.6 Å². The average molecular weight is 1450 g/mol. The maximum absolute atomic E-state index is 13.4. The molecule has 2 heterocycles. The summed E-state index contributed by atoms with van der Waals surface area (Å²) < 4.78 is 22.9. The molecule has 102 heavy (non-hydrogen) atoms. The standard InChI is InChI=1S/C88H165NO13/c1-3-5-7-9-11-13-15-17-19-21-23-25-27-29-31-33-35-36-37-38-39-40-42-44-46-48-50-52-54-56-58-60-62-64-66-68-70-72-80(93)89-76(75-99-87-85(98)83(96)86(79(74-91)101-87)102-88-84(97)82(95)81(94)78(73-90)100-88)77(92)71-69-67-65-63-61-59-57-55-53-51-49-47-45-43-41-34-32-30-28-26-24-22-20-18-16-14-12-10-8-6-4-2/h21,23,53,55,61,63,69,71,76-79,81-88,90-92,94-98H,3-20,22,24-52,54,56-60,62,64-68,70,72-75H2,1-2H3,(H,89,93)/b23-21-,55-53+,63-61+,71-69+. The van der Waals surface area contributed by atoms with Crippen LogP contribution < -0.4 is 5.32 Å². The lowest BCUT2D eigenvalue weighted by molar-refractivity contribution is -0.359. The number of aliphatic hydroxyl groups excluding tert-OH is 8. The van der Waals surface area contributed by atoms with E-state index in [0.717, 1.165) is 44.9 Å². The van der Waals surface area contributed by atoms with Crippen LogP contribution in [0.15, 0.2) is 48.6 Å². The van der Waals surface area contributed by atoms with Gasteiger partial charge in [0.1, 0.15) is 48.8 Å². The van der Waals surface area contributed by atoms with E-state index in [4.69, 9.17) is 18.9 Å². The number of nitrogens with one attached hydrogen (secondary N) is 1. The van der Waals surface area contributed by atoms with E-state index in [2.05, 4.69) is 55.6 Å². The highest BCUT2D eigenvalue weighted by Gasteiger charge is 2.51. The van der Waals surface area contributed by atoms with Gasteiger partial charge in [-0.1, -0.05) is 383 Å². The SMILES string of the molecule is CCCCCCCCCC/C=C\CCCCCCCCCCCCCCCCCCCCCCCCCCCC(=O)NC(COC1OC(CO)C(OC2OC(CO)C(O)C(O)C2O)C(O)C1O)C(O)/C=C/CC/C=C/CC/C=C/CCCCCCCCCCCCCCCCCCCCCCC. The van der Waals surface area contributed by atoms with Crippen LogP contribution in [0.1, 0.15) is 412 Å². The number of hydrogen-bond donors (Lipinski definition) is 9. The molecular formula is C88H165NO13. The molecule has 1 amide bonds. The minimum atomic E-state index is -1.79. The molecule has 2 rings (SSSR count). The highest BCUT2D eigenvalue weighted by atomic mass is 16.7. The van der Waals surface area contributed by atoms with Gasteiger partial charge in [-0.2, -0.15) is 0 Å². The van der Waals surface area contributed by atoms with Gasteiger partial charge in [-0.15, -0.1) is 0 Å². The third-order valence-corrected chi connectivity index (χ3v) is 21.5. The lowest BCUT2D eigenvalue weighted by Gasteiger charge is -2.46. The number of allylic oxidation sites excluding steroid dienone is 7.